The molecule has 3 heterocycles. The van der Waals surface area contributed by atoms with Gasteiger partial charge in [-0.05, 0) is 43.7 Å². The molecule has 2 aromatic heterocycles. The average Bonchev–Trinajstić information content (AvgIpc) is 3.19. The van der Waals surface area contributed by atoms with Crippen molar-refractivity contribution < 1.29 is 9.18 Å². The minimum atomic E-state index is -0.270. The maximum absolute atomic E-state index is 13.2. The van der Waals surface area contributed by atoms with Crippen LogP contribution in [0.3, 0.4) is 0 Å². The lowest BCUT2D eigenvalue weighted by Crippen LogP contribution is -2.36. The minimum Gasteiger partial charge on any atom is -0.340 e. The van der Waals surface area contributed by atoms with Crippen molar-refractivity contribution in [3.05, 3.63) is 57.4 Å². The predicted molar refractivity (Wildman–Crippen MR) is 108 cm³/mol. The second kappa shape index (κ2) is 7.83. The van der Waals surface area contributed by atoms with Crippen LogP contribution in [-0.4, -0.2) is 38.7 Å². The second-order valence-corrected chi connectivity index (χ2v) is 8.31. The van der Waals surface area contributed by atoms with Crippen molar-refractivity contribution in [3.63, 3.8) is 0 Å². The molecule has 1 aliphatic heterocycles. The Morgan fingerprint density at radius 3 is 2.71 bits per heavy atom. The standard InChI is InChI=1S/C21H23FN4OS/c1-3-17-12-19(15-4-6-16(22)7-5-15)24-26(17)13-21(27)25-10-8-18-20(9-11-25)28-14(2)23-18/h4-7,12H,3,8-11,13H2,1-2H3. The van der Waals surface area contributed by atoms with Crippen molar-refractivity contribution in [1.29, 1.82) is 0 Å². The second-order valence-electron chi connectivity index (χ2n) is 7.02. The zero-order valence-corrected chi connectivity index (χ0v) is 16.9. The number of amides is 1. The number of aromatic nitrogens is 3. The van der Waals surface area contributed by atoms with E-state index in [0.29, 0.717) is 6.54 Å². The molecule has 0 bridgehead atoms. The van der Waals surface area contributed by atoms with Crippen LogP contribution in [0.5, 0.6) is 0 Å². The van der Waals surface area contributed by atoms with E-state index >= 15 is 0 Å². The predicted octanol–water partition coefficient (Wildman–Crippen LogP) is 3.64. The fraction of sp³-hybridized carbons (Fsp3) is 0.381. The first-order valence-electron chi connectivity index (χ1n) is 9.59. The normalized spacial score (nSPS) is 14.0. The Hall–Kier alpha value is -2.54. The molecule has 0 atom stereocenters. The summed E-state index contributed by atoms with van der Waals surface area (Å²) >= 11 is 1.74. The van der Waals surface area contributed by atoms with Gasteiger partial charge in [0.25, 0.3) is 0 Å². The van der Waals surface area contributed by atoms with Gasteiger partial charge in [0.05, 0.1) is 16.4 Å². The van der Waals surface area contributed by atoms with Crippen molar-refractivity contribution in [2.24, 2.45) is 0 Å². The van der Waals surface area contributed by atoms with Gasteiger partial charge in [0.1, 0.15) is 12.4 Å². The summed E-state index contributed by atoms with van der Waals surface area (Å²) in [5, 5.41) is 5.72. The van der Waals surface area contributed by atoms with Crippen LogP contribution in [0.2, 0.25) is 0 Å². The van der Waals surface area contributed by atoms with E-state index in [2.05, 4.69) is 10.1 Å². The van der Waals surface area contributed by atoms with Gasteiger partial charge in [-0.25, -0.2) is 9.37 Å². The number of benzene rings is 1. The number of aryl methyl sites for hydroxylation is 2. The van der Waals surface area contributed by atoms with Gasteiger partial charge in [-0.1, -0.05) is 6.92 Å². The summed E-state index contributed by atoms with van der Waals surface area (Å²) in [6, 6.07) is 8.26. The third-order valence-corrected chi connectivity index (χ3v) is 6.19. The molecule has 0 saturated heterocycles. The van der Waals surface area contributed by atoms with Crippen LogP contribution in [0.1, 0.15) is 28.2 Å². The number of thiazole rings is 1. The van der Waals surface area contributed by atoms with Crippen LogP contribution in [0.25, 0.3) is 11.3 Å². The molecular formula is C21H23FN4OS. The number of hydrogen-bond donors (Lipinski definition) is 0. The minimum absolute atomic E-state index is 0.0790. The summed E-state index contributed by atoms with van der Waals surface area (Å²) in [4.78, 5) is 20.7. The fourth-order valence-electron chi connectivity index (χ4n) is 3.61. The molecule has 4 rings (SSSR count). The number of nitrogens with zero attached hydrogens (tertiary/aromatic N) is 4. The molecule has 0 spiro atoms. The van der Waals surface area contributed by atoms with Gasteiger partial charge in [0, 0.05) is 42.1 Å². The van der Waals surface area contributed by atoms with E-state index in [-0.39, 0.29) is 18.3 Å². The highest BCUT2D eigenvalue weighted by Crippen LogP contribution is 2.23. The fourth-order valence-corrected chi connectivity index (χ4v) is 4.58. The molecule has 146 valence electrons. The number of halogens is 1. The van der Waals surface area contributed by atoms with Crippen LogP contribution in [0.15, 0.2) is 30.3 Å². The molecule has 1 aliphatic rings. The van der Waals surface area contributed by atoms with E-state index < -0.39 is 0 Å². The Bertz CT molecular complexity index is 967. The summed E-state index contributed by atoms with van der Waals surface area (Å²) in [5.41, 5.74) is 3.76. The van der Waals surface area contributed by atoms with Crippen molar-refractivity contribution in [3.8, 4) is 11.3 Å². The highest BCUT2D eigenvalue weighted by molar-refractivity contribution is 7.11. The van der Waals surface area contributed by atoms with Gasteiger partial charge >= 0.3 is 0 Å². The zero-order chi connectivity index (χ0) is 19.7. The molecule has 3 aromatic rings. The van der Waals surface area contributed by atoms with Gasteiger partial charge in [-0.3, -0.25) is 9.48 Å². The summed E-state index contributed by atoms with van der Waals surface area (Å²) < 4.78 is 15.0. The molecule has 7 heteroatoms. The zero-order valence-electron chi connectivity index (χ0n) is 16.1. The Balaban J connectivity index is 1.48. The summed E-state index contributed by atoms with van der Waals surface area (Å²) in [7, 11) is 0. The van der Waals surface area contributed by atoms with E-state index in [9.17, 15) is 9.18 Å². The van der Waals surface area contributed by atoms with Crippen molar-refractivity contribution >= 4 is 17.2 Å². The highest BCUT2D eigenvalue weighted by Gasteiger charge is 2.22. The van der Waals surface area contributed by atoms with Crippen LogP contribution in [0, 0.1) is 12.7 Å². The Labute approximate surface area is 167 Å². The third kappa shape index (κ3) is 3.85. The maximum Gasteiger partial charge on any atom is 0.244 e. The topological polar surface area (TPSA) is 51.0 Å². The Morgan fingerprint density at radius 1 is 1.21 bits per heavy atom. The van der Waals surface area contributed by atoms with Crippen LogP contribution < -0.4 is 0 Å². The molecule has 0 aliphatic carbocycles. The first-order valence-corrected chi connectivity index (χ1v) is 10.4. The summed E-state index contributed by atoms with van der Waals surface area (Å²) in [6.07, 6.45) is 2.46. The number of carbonyl (C=O) groups is 1. The van der Waals surface area contributed by atoms with Crippen molar-refractivity contribution in [2.75, 3.05) is 13.1 Å². The van der Waals surface area contributed by atoms with E-state index in [1.807, 2.05) is 24.8 Å². The molecule has 0 unspecified atom stereocenters. The molecule has 5 nitrogen and oxygen atoms in total. The molecule has 0 radical (unpaired) electrons. The van der Waals surface area contributed by atoms with E-state index in [1.54, 1.807) is 28.2 Å². The largest absolute Gasteiger partial charge is 0.340 e. The number of hydrogen-bond acceptors (Lipinski definition) is 4. The molecular weight excluding hydrogens is 375 g/mol. The summed E-state index contributed by atoms with van der Waals surface area (Å²) in [6.45, 7) is 5.73. The first kappa shape index (κ1) is 18.8. The lowest BCUT2D eigenvalue weighted by atomic mass is 10.1. The van der Waals surface area contributed by atoms with Crippen LogP contribution in [0.4, 0.5) is 4.39 Å². The smallest absolute Gasteiger partial charge is 0.244 e. The van der Waals surface area contributed by atoms with Crippen molar-refractivity contribution in [1.82, 2.24) is 19.7 Å². The maximum atomic E-state index is 13.2. The molecule has 1 aromatic carbocycles. The Kier molecular flexibility index (Phi) is 5.26. The van der Waals surface area contributed by atoms with Gasteiger partial charge in [-0.15, -0.1) is 11.3 Å². The van der Waals surface area contributed by atoms with E-state index in [0.717, 1.165) is 53.5 Å². The average molecular weight is 399 g/mol. The number of carbonyl (C=O) groups excluding carboxylic acids is 1. The van der Waals surface area contributed by atoms with Crippen LogP contribution >= 0.6 is 11.3 Å². The molecule has 0 N–H and O–H groups in total. The quantitative estimate of drug-likeness (QED) is 0.674. The summed E-state index contributed by atoms with van der Waals surface area (Å²) in [5.74, 6) is -0.191. The number of rotatable bonds is 4. The van der Waals surface area contributed by atoms with Crippen molar-refractivity contribution in [2.45, 2.75) is 39.7 Å². The van der Waals surface area contributed by atoms with E-state index in [1.165, 1.54) is 17.0 Å². The molecule has 1 amide bonds. The number of fused-ring (bicyclic) bond motifs is 1. The van der Waals surface area contributed by atoms with Gasteiger partial charge in [0.15, 0.2) is 0 Å². The SMILES string of the molecule is CCc1cc(-c2ccc(F)cc2)nn1CC(=O)N1CCc2nc(C)sc2CC1. The van der Waals surface area contributed by atoms with Gasteiger partial charge in [-0.2, -0.15) is 5.10 Å². The Morgan fingerprint density at radius 2 is 1.96 bits per heavy atom. The molecule has 28 heavy (non-hydrogen) atoms. The third-order valence-electron chi connectivity index (χ3n) is 5.12. The first-order chi connectivity index (χ1) is 13.5. The lowest BCUT2D eigenvalue weighted by molar-refractivity contribution is -0.132. The lowest BCUT2D eigenvalue weighted by Gasteiger charge is -2.20. The van der Waals surface area contributed by atoms with Gasteiger partial charge < -0.3 is 4.90 Å². The monoisotopic (exact) mass is 398 g/mol. The molecule has 0 fully saturated rings. The highest BCUT2D eigenvalue weighted by atomic mass is 32.1. The van der Waals surface area contributed by atoms with Gasteiger partial charge in [0.2, 0.25) is 5.91 Å². The molecule has 0 saturated carbocycles. The van der Waals surface area contributed by atoms with E-state index in [4.69, 9.17) is 0 Å². The van der Waals surface area contributed by atoms with Crippen LogP contribution in [-0.2, 0) is 30.6 Å².